The molecule has 1 saturated carbocycles. The highest BCUT2D eigenvalue weighted by Gasteiger charge is 2.50. The predicted molar refractivity (Wildman–Crippen MR) is 67.0 cm³/mol. The smallest absolute Gasteiger partial charge is 0.324 e. The molecule has 1 aliphatic carbocycles. The topological polar surface area (TPSA) is 52.6 Å². The molecular formula is C13H24N2O2. The number of carboxylic acid groups (broad SMARTS) is 1. The second-order valence-corrected chi connectivity index (χ2v) is 5.75. The Bertz CT molecular complexity index is 289. The van der Waals surface area contributed by atoms with E-state index in [1.54, 1.807) is 0 Å². The van der Waals surface area contributed by atoms with Gasteiger partial charge >= 0.3 is 5.97 Å². The molecule has 4 heteroatoms. The highest BCUT2D eigenvalue weighted by molar-refractivity contribution is 5.79. The molecule has 0 aromatic rings. The zero-order valence-electron chi connectivity index (χ0n) is 10.9. The molecule has 4 nitrogen and oxygen atoms in total. The number of hydrogen-bond acceptors (Lipinski definition) is 3. The Kier molecular flexibility index (Phi) is 3.73. The lowest BCUT2D eigenvalue weighted by Gasteiger charge is -2.50. The first-order chi connectivity index (χ1) is 8.07. The Morgan fingerprint density at radius 2 is 2.00 bits per heavy atom. The minimum absolute atomic E-state index is 0.252. The summed E-state index contributed by atoms with van der Waals surface area (Å²) in [5.41, 5.74) is -0.603. The van der Waals surface area contributed by atoms with Crippen LogP contribution in [0.15, 0.2) is 0 Å². The second kappa shape index (κ2) is 4.94. The molecular weight excluding hydrogens is 216 g/mol. The van der Waals surface area contributed by atoms with Crippen LogP contribution in [0.4, 0.5) is 0 Å². The van der Waals surface area contributed by atoms with Gasteiger partial charge in [0.05, 0.1) is 0 Å². The van der Waals surface area contributed by atoms with Gasteiger partial charge in [0.1, 0.15) is 5.54 Å². The fourth-order valence-electron chi connectivity index (χ4n) is 3.62. The highest BCUT2D eigenvalue weighted by atomic mass is 16.4. The molecule has 0 bridgehead atoms. The summed E-state index contributed by atoms with van der Waals surface area (Å²) < 4.78 is 0. The Hall–Kier alpha value is -0.610. The maximum atomic E-state index is 11.8. The maximum Gasteiger partial charge on any atom is 0.324 e. The van der Waals surface area contributed by atoms with Gasteiger partial charge in [-0.15, -0.1) is 0 Å². The minimum atomic E-state index is -0.612. The normalized spacial score (nSPS) is 40.1. The number of hydrogen-bond donors (Lipinski definition) is 2. The molecule has 0 spiro atoms. The molecule has 1 aliphatic heterocycles. The first kappa shape index (κ1) is 12.8. The van der Waals surface area contributed by atoms with Crippen LogP contribution in [0, 0.1) is 11.8 Å². The van der Waals surface area contributed by atoms with E-state index in [1.807, 2.05) is 0 Å². The Labute approximate surface area is 103 Å². The molecule has 2 N–H and O–H groups in total. The third-order valence-corrected chi connectivity index (χ3v) is 4.64. The number of rotatable bonds is 2. The van der Waals surface area contributed by atoms with Gasteiger partial charge in [-0.25, -0.2) is 0 Å². The average Bonchev–Trinajstić information content (AvgIpc) is 2.30. The zero-order valence-corrected chi connectivity index (χ0v) is 10.9. The van der Waals surface area contributed by atoms with Gasteiger partial charge < -0.3 is 10.4 Å². The van der Waals surface area contributed by atoms with Gasteiger partial charge in [0, 0.05) is 26.2 Å². The number of carbonyl (C=O) groups is 1. The van der Waals surface area contributed by atoms with E-state index in [0.717, 1.165) is 45.4 Å². The predicted octanol–water partition coefficient (Wildman–Crippen LogP) is 1.17. The van der Waals surface area contributed by atoms with Crippen molar-refractivity contribution in [2.75, 3.05) is 26.2 Å². The molecule has 0 aromatic heterocycles. The number of nitrogens with one attached hydrogen (secondary N) is 1. The summed E-state index contributed by atoms with van der Waals surface area (Å²) in [6.07, 6.45) is 2.89. The quantitative estimate of drug-likeness (QED) is 0.761. The summed E-state index contributed by atoms with van der Waals surface area (Å²) in [5.74, 6) is 0.307. The second-order valence-electron chi connectivity index (χ2n) is 5.75. The molecule has 1 saturated heterocycles. The largest absolute Gasteiger partial charge is 0.480 e. The summed E-state index contributed by atoms with van der Waals surface area (Å²) in [6, 6.07) is 0. The Morgan fingerprint density at radius 3 is 2.53 bits per heavy atom. The fraction of sp³-hybridized carbons (Fsp3) is 0.923. The van der Waals surface area contributed by atoms with Crippen molar-refractivity contribution in [2.45, 2.75) is 38.6 Å². The van der Waals surface area contributed by atoms with Crippen LogP contribution >= 0.6 is 0 Å². The summed E-state index contributed by atoms with van der Waals surface area (Å²) in [7, 11) is 0. The van der Waals surface area contributed by atoms with E-state index in [1.165, 1.54) is 0 Å². The van der Waals surface area contributed by atoms with Crippen molar-refractivity contribution >= 4 is 5.97 Å². The van der Waals surface area contributed by atoms with Crippen molar-refractivity contribution in [1.82, 2.24) is 10.2 Å². The van der Waals surface area contributed by atoms with Crippen LogP contribution < -0.4 is 5.32 Å². The molecule has 3 atom stereocenters. The van der Waals surface area contributed by atoms with E-state index in [0.29, 0.717) is 5.92 Å². The number of piperazine rings is 1. The third kappa shape index (κ3) is 2.20. The van der Waals surface area contributed by atoms with Crippen LogP contribution in [0.2, 0.25) is 0 Å². The number of nitrogens with zero attached hydrogens (tertiary/aromatic N) is 1. The lowest BCUT2D eigenvalue weighted by molar-refractivity contribution is -0.160. The van der Waals surface area contributed by atoms with Crippen molar-refractivity contribution in [3.05, 3.63) is 0 Å². The van der Waals surface area contributed by atoms with E-state index >= 15 is 0 Å². The van der Waals surface area contributed by atoms with Crippen molar-refractivity contribution in [2.24, 2.45) is 11.8 Å². The monoisotopic (exact) mass is 240 g/mol. The molecule has 3 unspecified atom stereocenters. The van der Waals surface area contributed by atoms with E-state index < -0.39 is 11.5 Å². The van der Waals surface area contributed by atoms with Crippen LogP contribution in [-0.2, 0) is 4.79 Å². The molecule has 0 aromatic carbocycles. The van der Waals surface area contributed by atoms with Crippen LogP contribution in [0.5, 0.6) is 0 Å². The first-order valence-corrected chi connectivity index (χ1v) is 6.76. The SMILES string of the molecule is CC1CCC(C(=O)O)(N2CCNCC2)C(C)C1. The molecule has 2 fully saturated rings. The summed E-state index contributed by atoms with van der Waals surface area (Å²) in [6.45, 7) is 7.91. The summed E-state index contributed by atoms with van der Waals surface area (Å²) >= 11 is 0. The standard InChI is InChI=1S/C13H24N2O2/c1-10-3-4-13(12(16)17,11(2)9-10)15-7-5-14-6-8-15/h10-11,14H,3-9H2,1-2H3,(H,16,17). The van der Waals surface area contributed by atoms with E-state index in [9.17, 15) is 9.90 Å². The molecule has 17 heavy (non-hydrogen) atoms. The van der Waals surface area contributed by atoms with Crippen molar-refractivity contribution in [3.8, 4) is 0 Å². The lowest BCUT2D eigenvalue weighted by atomic mass is 9.68. The van der Waals surface area contributed by atoms with Crippen LogP contribution in [-0.4, -0.2) is 47.7 Å². The van der Waals surface area contributed by atoms with Gasteiger partial charge in [0.25, 0.3) is 0 Å². The minimum Gasteiger partial charge on any atom is -0.480 e. The van der Waals surface area contributed by atoms with Crippen LogP contribution in [0.25, 0.3) is 0 Å². The van der Waals surface area contributed by atoms with Gasteiger partial charge in [-0.05, 0) is 31.1 Å². The van der Waals surface area contributed by atoms with Crippen LogP contribution in [0.3, 0.4) is 0 Å². The van der Waals surface area contributed by atoms with Crippen molar-refractivity contribution < 1.29 is 9.90 Å². The maximum absolute atomic E-state index is 11.8. The van der Waals surface area contributed by atoms with Gasteiger partial charge in [-0.2, -0.15) is 0 Å². The molecule has 2 aliphatic rings. The molecule has 0 radical (unpaired) electrons. The van der Waals surface area contributed by atoms with Crippen LogP contribution in [0.1, 0.15) is 33.1 Å². The average molecular weight is 240 g/mol. The van der Waals surface area contributed by atoms with E-state index in [-0.39, 0.29) is 5.92 Å². The van der Waals surface area contributed by atoms with Gasteiger partial charge in [-0.1, -0.05) is 13.8 Å². The number of carboxylic acids is 1. The zero-order chi connectivity index (χ0) is 12.5. The van der Waals surface area contributed by atoms with E-state index in [2.05, 4.69) is 24.1 Å². The van der Waals surface area contributed by atoms with Gasteiger partial charge in [0.15, 0.2) is 0 Å². The third-order valence-electron chi connectivity index (χ3n) is 4.64. The summed E-state index contributed by atoms with van der Waals surface area (Å²) in [4.78, 5) is 14.0. The van der Waals surface area contributed by atoms with Gasteiger partial charge in [0.2, 0.25) is 0 Å². The molecule has 2 rings (SSSR count). The van der Waals surface area contributed by atoms with Crippen molar-refractivity contribution in [3.63, 3.8) is 0 Å². The molecule has 98 valence electrons. The number of aliphatic carboxylic acids is 1. The summed E-state index contributed by atoms with van der Waals surface area (Å²) in [5, 5.41) is 13.0. The fourth-order valence-corrected chi connectivity index (χ4v) is 3.62. The van der Waals surface area contributed by atoms with E-state index in [4.69, 9.17) is 0 Å². The highest BCUT2D eigenvalue weighted by Crippen LogP contribution is 2.41. The molecule has 0 amide bonds. The molecule has 1 heterocycles. The van der Waals surface area contributed by atoms with Gasteiger partial charge in [-0.3, -0.25) is 9.69 Å². The lowest BCUT2D eigenvalue weighted by Crippen LogP contribution is -2.64. The van der Waals surface area contributed by atoms with Crippen molar-refractivity contribution in [1.29, 1.82) is 0 Å². The Balaban J connectivity index is 2.22. The Morgan fingerprint density at radius 1 is 1.35 bits per heavy atom. The first-order valence-electron chi connectivity index (χ1n) is 6.76.